The van der Waals surface area contributed by atoms with Crippen LogP contribution in [0.4, 0.5) is 0 Å². The van der Waals surface area contributed by atoms with Gasteiger partial charge in [-0.25, -0.2) is 0 Å². The summed E-state index contributed by atoms with van der Waals surface area (Å²) in [7, 11) is 0. The lowest BCUT2D eigenvalue weighted by molar-refractivity contribution is -0.173. The van der Waals surface area contributed by atoms with Crippen molar-refractivity contribution in [3.05, 3.63) is 107 Å². The Morgan fingerprint density at radius 1 is 0.950 bits per heavy atom. The van der Waals surface area contributed by atoms with E-state index in [1.165, 1.54) is 40.7 Å². The molecule has 5 heteroatoms. The zero-order chi connectivity index (χ0) is 26.6. The molecule has 1 aromatic heterocycles. The van der Waals surface area contributed by atoms with Crippen LogP contribution in [0.3, 0.4) is 0 Å². The van der Waals surface area contributed by atoms with Crippen molar-refractivity contribution < 1.29 is 14.9 Å². The third-order valence-electron chi connectivity index (χ3n) is 10.7. The topological polar surface area (TPSA) is 57.9 Å². The molecule has 3 aromatic carbocycles. The Kier molecular flexibility index (Phi) is 4.65. The molecule has 1 saturated heterocycles. The van der Waals surface area contributed by atoms with Gasteiger partial charge in [-0.2, -0.15) is 0 Å². The van der Waals surface area contributed by atoms with Crippen molar-refractivity contribution in [2.45, 2.75) is 61.8 Å². The number of hydrogen-bond donors (Lipinski definition) is 2. The van der Waals surface area contributed by atoms with Gasteiger partial charge >= 0.3 is 0 Å². The minimum atomic E-state index is -0.980. The number of benzene rings is 3. The van der Waals surface area contributed by atoms with Gasteiger partial charge in [0.2, 0.25) is 0 Å². The van der Waals surface area contributed by atoms with E-state index in [-0.39, 0.29) is 17.9 Å². The summed E-state index contributed by atoms with van der Waals surface area (Å²) in [6.07, 6.45) is 6.75. The summed E-state index contributed by atoms with van der Waals surface area (Å²) in [6.45, 7) is 2.76. The Labute approximate surface area is 234 Å². The minimum absolute atomic E-state index is 0.0326. The van der Waals surface area contributed by atoms with E-state index in [9.17, 15) is 10.2 Å². The summed E-state index contributed by atoms with van der Waals surface area (Å²) in [5.74, 6) is 1.54. The first-order valence-electron chi connectivity index (χ1n) is 14.9. The molecular formula is C35H34N2O3. The first kappa shape index (κ1) is 23.2. The molecule has 2 bridgehead atoms. The van der Waals surface area contributed by atoms with Crippen LogP contribution in [0, 0.1) is 5.92 Å². The Hall–Kier alpha value is -3.54. The number of phenolic OH excluding ortho intramolecular Hbond substituents is 1. The second-order valence-electron chi connectivity index (χ2n) is 12.8. The molecule has 0 amide bonds. The van der Waals surface area contributed by atoms with E-state index in [0.29, 0.717) is 12.2 Å². The van der Waals surface area contributed by atoms with Crippen LogP contribution in [-0.2, 0) is 24.8 Å². The van der Waals surface area contributed by atoms with Crippen molar-refractivity contribution in [2.75, 3.05) is 13.1 Å². The van der Waals surface area contributed by atoms with Crippen LogP contribution in [0.25, 0.3) is 11.1 Å². The molecule has 40 heavy (non-hydrogen) atoms. The normalized spacial score (nSPS) is 29.5. The Bertz CT molecular complexity index is 1640. The Morgan fingerprint density at radius 2 is 1.73 bits per heavy atom. The second kappa shape index (κ2) is 8.02. The summed E-state index contributed by atoms with van der Waals surface area (Å²) in [6, 6.07) is 25.1. The summed E-state index contributed by atoms with van der Waals surface area (Å²) >= 11 is 0. The Morgan fingerprint density at radius 3 is 2.50 bits per heavy atom. The number of aromatic nitrogens is 1. The molecule has 9 rings (SSSR count). The van der Waals surface area contributed by atoms with Crippen molar-refractivity contribution >= 4 is 0 Å². The number of aromatic hydroxyl groups is 1. The third kappa shape index (κ3) is 2.94. The first-order chi connectivity index (χ1) is 19.6. The highest BCUT2D eigenvalue weighted by Gasteiger charge is 2.73. The lowest BCUT2D eigenvalue weighted by Crippen LogP contribution is -2.74. The number of phenols is 1. The van der Waals surface area contributed by atoms with Crippen molar-refractivity contribution in [2.24, 2.45) is 5.92 Å². The van der Waals surface area contributed by atoms with Crippen molar-refractivity contribution in [1.82, 2.24) is 9.47 Å². The zero-order valence-electron chi connectivity index (χ0n) is 22.6. The molecule has 3 aliphatic carbocycles. The summed E-state index contributed by atoms with van der Waals surface area (Å²) in [4.78, 5) is 2.60. The van der Waals surface area contributed by atoms with E-state index in [1.54, 1.807) is 6.07 Å². The highest BCUT2D eigenvalue weighted by atomic mass is 16.5. The zero-order valence-corrected chi connectivity index (χ0v) is 22.6. The fourth-order valence-electron chi connectivity index (χ4n) is 8.81. The molecule has 202 valence electrons. The van der Waals surface area contributed by atoms with Crippen LogP contribution >= 0.6 is 0 Å². The number of nitrogens with zero attached hydrogens (tertiary/aromatic N) is 2. The second-order valence-corrected chi connectivity index (χ2v) is 12.8. The number of aliphatic hydroxyl groups is 1. The number of piperidine rings is 1. The van der Waals surface area contributed by atoms with Gasteiger partial charge in [0.15, 0.2) is 17.6 Å². The molecule has 5 nitrogen and oxygen atoms in total. The molecule has 4 aromatic rings. The van der Waals surface area contributed by atoms with Gasteiger partial charge in [-0.1, -0.05) is 66.7 Å². The number of ether oxygens (including phenoxy) is 1. The minimum Gasteiger partial charge on any atom is -0.504 e. The average Bonchev–Trinajstić information content (AvgIpc) is 3.62. The predicted octanol–water partition coefficient (Wildman–Crippen LogP) is 5.61. The lowest BCUT2D eigenvalue weighted by Gasteiger charge is -2.63. The maximum atomic E-state index is 13.2. The van der Waals surface area contributed by atoms with E-state index in [4.69, 9.17) is 4.74 Å². The summed E-state index contributed by atoms with van der Waals surface area (Å²) < 4.78 is 9.28. The van der Waals surface area contributed by atoms with Crippen LogP contribution in [-0.4, -0.2) is 44.4 Å². The SMILES string of the molecule is Oc1ccc2c3c1O[C@H]1c4c(c(-c5ccccc5)cn4Cc4ccccc4)C[C@@]4(O)[C@@H](C2)N(CC2CC2)CC[C@]314. The quantitative estimate of drug-likeness (QED) is 0.352. The number of likely N-dealkylation sites (tertiary alicyclic amines) is 1. The van der Waals surface area contributed by atoms with Gasteiger partial charge in [0.05, 0.1) is 16.7 Å². The van der Waals surface area contributed by atoms with E-state index in [2.05, 4.69) is 82.4 Å². The van der Waals surface area contributed by atoms with E-state index < -0.39 is 11.0 Å². The molecule has 1 saturated carbocycles. The highest BCUT2D eigenvalue weighted by molar-refractivity contribution is 5.73. The van der Waals surface area contributed by atoms with Gasteiger partial charge in [-0.05, 0) is 66.5 Å². The van der Waals surface area contributed by atoms with Gasteiger partial charge in [0, 0.05) is 42.9 Å². The molecule has 3 heterocycles. The predicted molar refractivity (Wildman–Crippen MR) is 154 cm³/mol. The van der Waals surface area contributed by atoms with Crippen LogP contribution in [0.5, 0.6) is 11.5 Å². The van der Waals surface area contributed by atoms with Gasteiger partial charge in [0.1, 0.15) is 0 Å². The molecular weight excluding hydrogens is 496 g/mol. The molecule has 2 fully saturated rings. The molecule has 2 N–H and O–H groups in total. The molecule has 4 atom stereocenters. The third-order valence-corrected chi connectivity index (χ3v) is 10.7. The first-order valence-corrected chi connectivity index (χ1v) is 14.9. The summed E-state index contributed by atoms with van der Waals surface area (Å²) in [5.41, 5.74) is 6.68. The van der Waals surface area contributed by atoms with Gasteiger partial charge < -0.3 is 19.5 Å². The van der Waals surface area contributed by atoms with E-state index in [1.807, 2.05) is 0 Å². The van der Waals surface area contributed by atoms with Crippen LogP contribution in [0.2, 0.25) is 0 Å². The molecule has 1 spiro atoms. The average molecular weight is 531 g/mol. The van der Waals surface area contributed by atoms with Crippen LogP contribution < -0.4 is 4.74 Å². The van der Waals surface area contributed by atoms with E-state index >= 15 is 0 Å². The summed E-state index contributed by atoms with van der Waals surface area (Å²) in [5, 5.41) is 24.3. The number of fused-ring (bicyclic) bond motifs is 2. The lowest BCUT2D eigenvalue weighted by atomic mass is 9.49. The van der Waals surface area contributed by atoms with Crippen LogP contribution in [0.15, 0.2) is 79.0 Å². The Balaban J connectivity index is 1.29. The van der Waals surface area contributed by atoms with Crippen LogP contribution in [0.1, 0.15) is 53.3 Å². The van der Waals surface area contributed by atoms with Crippen molar-refractivity contribution in [3.63, 3.8) is 0 Å². The number of hydrogen-bond acceptors (Lipinski definition) is 4. The maximum absolute atomic E-state index is 13.2. The smallest absolute Gasteiger partial charge is 0.166 e. The van der Waals surface area contributed by atoms with E-state index in [0.717, 1.165) is 49.7 Å². The largest absolute Gasteiger partial charge is 0.504 e. The molecule has 5 aliphatic rings. The van der Waals surface area contributed by atoms with Gasteiger partial charge in [-0.3, -0.25) is 4.90 Å². The number of rotatable bonds is 5. The van der Waals surface area contributed by atoms with Gasteiger partial charge in [-0.15, -0.1) is 0 Å². The molecule has 0 unspecified atom stereocenters. The standard InChI is InChI=1S/C35H34N2O3/c38-28-14-13-25-17-29-35(39)18-26-27(24-9-5-2-6-10-24)21-37(20-22-7-3-1-4-8-22)31(26)33-34(35,30(25)32(28)40-33)15-16-36(29)19-23-11-12-23/h1-10,13-14,21,23,29,33,38-39H,11-12,15-20H2/t29-,33+,34+,35-/m1/s1. The van der Waals surface area contributed by atoms with Crippen molar-refractivity contribution in [3.8, 4) is 22.6 Å². The fourth-order valence-corrected chi connectivity index (χ4v) is 8.81. The maximum Gasteiger partial charge on any atom is 0.166 e. The van der Waals surface area contributed by atoms with Gasteiger partial charge in [0.25, 0.3) is 0 Å². The fraction of sp³-hybridized carbons (Fsp3) is 0.371. The monoisotopic (exact) mass is 530 g/mol. The highest BCUT2D eigenvalue weighted by Crippen LogP contribution is 2.69. The van der Waals surface area contributed by atoms with Crippen molar-refractivity contribution in [1.29, 1.82) is 0 Å². The molecule has 0 radical (unpaired) electrons. The molecule has 2 aliphatic heterocycles.